The van der Waals surface area contributed by atoms with Crippen LogP contribution < -0.4 is 5.73 Å². The molecule has 2 heteroatoms. The molecule has 0 bridgehead atoms. The molecule has 0 spiro atoms. The Kier molecular flexibility index (Phi) is 3.01. The van der Waals surface area contributed by atoms with Gasteiger partial charge in [-0.2, -0.15) is 0 Å². The summed E-state index contributed by atoms with van der Waals surface area (Å²) in [5.41, 5.74) is 12.5. The van der Waals surface area contributed by atoms with Crippen molar-refractivity contribution in [1.82, 2.24) is 4.90 Å². The lowest BCUT2D eigenvalue weighted by atomic mass is 10.0. The van der Waals surface area contributed by atoms with Gasteiger partial charge in [0.25, 0.3) is 0 Å². The van der Waals surface area contributed by atoms with Crippen LogP contribution in [0.5, 0.6) is 0 Å². The summed E-state index contributed by atoms with van der Waals surface area (Å²) in [7, 11) is 4.23. The van der Waals surface area contributed by atoms with E-state index < -0.39 is 0 Å². The number of hydrogen-bond acceptors (Lipinski definition) is 2. The molecule has 2 nitrogen and oxygen atoms in total. The van der Waals surface area contributed by atoms with E-state index in [-0.39, 0.29) is 0 Å². The van der Waals surface area contributed by atoms with Crippen LogP contribution in [0.25, 0.3) is 5.57 Å². The number of benzene rings is 1. The Hall–Kier alpha value is -1.28. The standard InChI is InChI=1S/C14H20N2/c1-10-8-11-4-5-12(15)9-14(11)13(10)6-7-16(2)3/h4-5,9H,6-8,15H2,1-3H3. The maximum absolute atomic E-state index is 5.86. The van der Waals surface area contributed by atoms with Crippen molar-refractivity contribution in [1.29, 1.82) is 0 Å². The number of hydrogen-bond donors (Lipinski definition) is 1. The van der Waals surface area contributed by atoms with Gasteiger partial charge in [0.05, 0.1) is 0 Å². The van der Waals surface area contributed by atoms with E-state index in [1.165, 1.54) is 22.3 Å². The lowest BCUT2D eigenvalue weighted by molar-refractivity contribution is 0.419. The SMILES string of the molecule is CC1=C(CCN(C)C)c2cc(N)ccc2C1. The summed E-state index contributed by atoms with van der Waals surface area (Å²) < 4.78 is 0. The summed E-state index contributed by atoms with van der Waals surface area (Å²) >= 11 is 0. The van der Waals surface area contributed by atoms with Crippen molar-refractivity contribution >= 4 is 11.3 Å². The molecule has 0 fully saturated rings. The molecular formula is C14H20N2. The van der Waals surface area contributed by atoms with Gasteiger partial charge in [-0.1, -0.05) is 11.6 Å². The molecule has 1 aliphatic rings. The second-order valence-electron chi connectivity index (χ2n) is 4.91. The minimum atomic E-state index is 0.871. The molecule has 1 aromatic carbocycles. The van der Waals surface area contributed by atoms with Gasteiger partial charge in [-0.15, -0.1) is 0 Å². The Bertz CT molecular complexity index is 430. The molecule has 0 atom stereocenters. The third-order valence-corrected chi connectivity index (χ3v) is 3.24. The third kappa shape index (κ3) is 2.12. The topological polar surface area (TPSA) is 29.3 Å². The van der Waals surface area contributed by atoms with Gasteiger partial charge in [0, 0.05) is 12.2 Å². The average Bonchev–Trinajstić information content (AvgIpc) is 2.51. The highest BCUT2D eigenvalue weighted by molar-refractivity contribution is 5.78. The Labute approximate surface area is 97.8 Å². The molecule has 0 aromatic heterocycles. The molecule has 1 aromatic rings. The molecule has 0 aliphatic heterocycles. The van der Waals surface area contributed by atoms with Crippen molar-refractivity contribution in [2.75, 3.05) is 26.4 Å². The largest absolute Gasteiger partial charge is 0.399 e. The number of nitrogens with two attached hydrogens (primary N) is 1. The summed E-state index contributed by atoms with van der Waals surface area (Å²) in [5, 5.41) is 0. The molecule has 0 unspecified atom stereocenters. The highest BCUT2D eigenvalue weighted by atomic mass is 15.0. The summed E-state index contributed by atoms with van der Waals surface area (Å²) in [6, 6.07) is 6.29. The molecule has 0 saturated heterocycles. The molecule has 2 N–H and O–H groups in total. The second-order valence-corrected chi connectivity index (χ2v) is 4.91. The van der Waals surface area contributed by atoms with E-state index in [1.807, 2.05) is 6.07 Å². The van der Waals surface area contributed by atoms with E-state index in [1.54, 1.807) is 0 Å². The van der Waals surface area contributed by atoms with Crippen LogP contribution in [0.3, 0.4) is 0 Å². The Morgan fingerprint density at radius 1 is 1.31 bits per heavy atom. The van der Waals surface area contributed by atoms with Crippen LogP contribution in [0, 0.1) is 0 Å². The maximum Gasteiger partial charge on any atom is 0.0320 e. The lowest BCUT2D eigenvalue weighted by Crippen LogP contribution is -2.13. The van der Waals surface area contributed by atoms with Crippen molar-refractivity contribution in [3.05, 3.63) is 34.9 Å². The molecule has 0 amide bonds. The molecule has 2 rings (SSSR count). The first-order valence-electron chi connectivity index (χ1n) is 5.80. The molecule has 86 valence electrons. The fraction of sp³-hybridized carbons (Fsp3) is 0.429. The van der Waals surface area contributed by atoms with E-state index in [4.69, 9.17) is 5.73 Å². The number of rotatable bonds is 3. The summed E-state index contributed by atoms with van der Waals surface area (Å²) in [5.74, 6) is 0. The molecule has 16 heavy (non-hydrogen) atoms. The number of nitrogen functional groups attached to an aromatic ring is 1. The molecular weight excluding hydrogens is 196 g/mol. The first-order valence-corrected chi connectivity index (χ1v) is 5.80. The zero-order valence-electron chi connectivity index (χ0n) is 10.4. The van der Waals surface area contributed by atoms with E-state index in [0.29, 0.717) is 0 Å². The Balaban J connectivity index is 2.26. The summed E-state index contributed by atoms with van der Waals surface area (Å²) in [4.78, 5) is 2.23. The van der Waals surface area contributed by atoms with Crippen LogP contribution in [0.2, 0.25) is 0 Å². The second kappa shape index (κ2) is 4.30. The van der Waals surface area contributed by atoms with Crippen molar-refractivity contribution in [3.63, 3.8) is 0 Å². The molecule has 0 heterocycles. The number of nitrogens with zero attached hydrogens (tertiary/aromatic N) is 1. The summed E-state index contributed by atoms with van der Waals surface area (Å²) in [6.45, 7) is 3.34. The van der Waals surface area contributed by atoms with E-state index in [2.05, 4.69) is 38.1 Å². The minimum Gasteiger partial charge on any atom is -0.399 e. The maximum atomic E-state index is 5.86. The predicted octanol–water partition coefficient (Wildman–Crippen LogP) is 2.55. The van der Waals surface area contributed by atoms with E-state index in [0.717, 1.165) is 25.1 Å². The van der Waals surface area contributed by atoms with Gasteiger partial charge in [0.2, 0.25) is 0 Å². The smallest absolute Gasteiger partial charge is 0.0320 e. The average molecular weight is 216 g/mol. The highest BCUT2D eigenvalue weighted by Gasteiger charge is 2.18. The first kappa shape index (κ1) is 11.2. The van der Waals surface area contributed by atoms with Crippen LogP contribution in [0.4, 0.5) is 5.69 Å². The monoisotopic (exact) mass is 216 g/mol. The Morgan fingerprint density at radius 3 is 2.75 bits per heavy atom. The predicted molar refractivity (Wildman–Crippen MR) is 70.3 cm³/mol. The fourth-order valence-electron chi connectivity index (χ4n) is 2.33. The normalized spacial score (nSPS) is 14.8. The molecule has 1 aliphatic carbocycles. The molecule has 0 saturated carbocycles. The van der Waals surface area contributed by atoms with Crippen LogP contribution in [0.15, 0.2) is 23.8 Å². The van der Waals surface area contributed by atoms with Gasteiger partial charge in [-0.3, -0.25) is 0 Å². The highest BCUT2D eigenvalue weighted by Crippen LogP contribution is 2.35. The Morgan fingerprint density at radius 2 is 2.06 bits per heavy atom. The van der Waals surface area contributed by atoms with E-state index >= 15 is 0 Å². The number of allylic oxidation sites excluding steroid dienone is 1. The third-order valence-electron chi connectivity index (χ3n) is 3.24. The van der Waals surface area contributed by atoms with Crippen molar-refractivity contribution in [2.45, 2.75) is 19.8 Å². The van der Waals surface area contributed by atoms with Crippen LogP contribution >= 0.6 is 0 Å². The van der Waals surface area contributed by atoms with Crippen molar-refractivity contribution < 1.29 is 0 Å². The van der Waals surface area contributed by atoms with Gasteiger partial charge in [-0.05, 0) is 62.7 Å². The van der Waals surface area contributed by atoms with Crippen LogP contribution in [0.1, 0.15) is 24.5 Å². The fourth-order valence-corrected chi connectivity index (χ4v) is 2.33. The van der Waals surface area contributed by atoms with Crippen molar-refractivity contribution in [3.8, 4) is 0 Å². The van der Waals surface area contributed by atoms with Crippen LogP contribution in [-0.4, -0.2) is 25.5 Å². The van der Waals surface area contributed by atoms with Crippen molar-refractivity contribution in [2.24, 2.45) is 0 Å². The van der Waals surface area contributed by atoms with Crippen LogP contribution in [-0.2, 0) is 6.42 Å². The van der Waals surface area contributed by atoms with Gasteiger partial charge in [0.15, 0.2) is 0 Å². The van der Waals surface area contributed by atoms with Gasteiger partial charge in [-0.25, -0.2) is 0 Å². The first-order chi connectivity index (χ1) is 7.58. The minimum absolute atomic E-state index is 0.871. The number of fused-ring (bicyclic) bond motifs is 1. The van der Waals surface area contributed by atoms with Gasteiger partial charge >= 0.3 is 0 Å². The lowest BCUT2D eigenvalue weighted by Gasteiger charge is -2.12. The van der Waals surface area contributed by atoms with Gasteiger partial charge < -0.3 is 10.6 Å². The quantitative estimate of drug-likeness (QED) is 0.787. The van der Waals surface area contributed by atoms with E-state index in [9.17, 15) is 0 Å². The number of anilines is 1. The molecule has 0 radical (unpaired) electrons. The zero-order chi connectivity index (χ0) is 11.7. The van der Waals surface area contributed by atoms with Gasteiger partial charge in [0.1, 0.15) is 0 Å². The summed E-state index contributed by atoms with van der Waals surface area (Å²) in [6.07, 6.45) is 2.22. The zero-order valence-corrected chi connectivity index (χ0v) is 10.4.